The summed E-state index contributed by atoms with van der Waals surface area (Å²) in [7, 11) is 0. The second kappa shape index (κ2) is 5.23. The number of para-hydroxylation sites is 1. The van der Waals surface area contributed by atoms with Crippen molar-refractivity contribution in [2.75, 3.05) is 11.1 Å². The molecule has 18 heavy (non-hydrogen) atoms. The Morgan fingerprint density at radius 2 is 1.72 bits per heavy atom. The summed E-state index contributed by atoms with van der Waals surface area (Å²) in [4.78, 5) is 10.7. The molecule has 0 aliphatic heterocycles. The maximum atomic E-state index is 10.7. The van der Waals surface area contributed by atoms with Crippen molar-refractivity contribution in [2.45, 2.75) is 6.42 Å². The molecule has 4 heteroatoms. The smallest absolute Gasteiger partial charge is 0.316 e. The third kappa shape index (κ3) is 3.01. The van der Waals surface area contributed by atoms with Gasteiger partial charge in [0.15, 0.2) is 0 Å². The summed E-state index contributed by atoms with van der Waals surface area (Å²) in [6, 6.07) is 14.7. The molecule has 0 atom stereocenters. The molecule has 2 aromatic carbocycles. The normalized spacial score (nSPS) is 10.0. The molecule has 0 unspecified atom stereocenters. The van der Waals surface area contributed by atoms with Gasteiger partial charge < -0.3 is 16.8 Å². The molecule has 0 fully saturated rings. The number of primary amides is 1. The van der Waals surface area contributed by atoms with E-state index >= 15 is 0 Å². The summed E-state index contributed by atoms with van der Waals surface area (Å²) in [6.45, 7) is 0. The van der Waals surface area contributed by atoms with Crippen molar-refractivity contribution in [1.29, 1.82) is 0 Å². The van der Waals surface area contributed by atoms with Crippen LogP contribution in [0.5, 0.6) is 0 Å². The van der Waals surface area contributed by atoms with Crippen molar-refractivity contribution in [3.05, 3.63) is 59.7 Å². The van der Waals surface area contributed by atoms with Crippen LogP contribution >= 0.6 is 0 Å². The molecule has 5 N–H and O–H groups in total. The number of hydrogen-bond acceptors (Lipinski definition) is 2. The topological polar surface area (TPSA) is 81.1 Å². The molecule has 0 saturated heterocycles. The van der Waals surface area contributed by atoms with Gasteiger partial charge in [0.05, 0.1) is 0 Å². The maximum Gasteiger partial charge on any atom is 0.316 e. The molecular weight excluding hydrogens is 226 g/mol. The number of carbonyl (C=O) groups is 1. The van der Waals surface area contributed by atoms with Gasteiger partial charge in [-0.3, -0.25) is 0 Å². The Morgan fingerprint density at radius 3 is 2.33 bits per heavy atom. The highest BCUT2D eigenvalue weighted by atomic mass is 16.2. The lowest BCUT2D eigenvalue weighted by Crippen LogP contribution is -2.19. The molecule has 0 aromatic heterocycles. The lowest BCUT2D eigenvalue weighted by atomic mass is 10.0. The Morgan fingerprint density at radius 1 is 1.06 bits per heavy atom. The van der Waals surface area contributed by atoms with Gasteiger partial charge in [0.1, 0.15) is 0 Å². The third-order valence-corrected chi connectivity index (χ3v) is 2.67. The first kappa shape index (κ1) is 12.0. The fourth-order valence-corrected chi connectivity index (χ4v) is 1.76. The van der Waals surface area contributed by atoms with Crippen LogP contribution in [0, 0.1) is 0 Å². The van der Waals surface area contributed by atoms with Crippen LogP contribution in [-0.4, -0.2) is 6.03 Å². The van der Waals surface area contributed by atoms with E-state index in [4.69, 9.17) is 11.5 Å². The number of nitrogens with two attached hydrogens (primary N) is 2. The molecule has 0 aliphatic rings. The van der Waals surface area contributed by atoms with Crippen LogP contribution in [0.25, 0.3) is 0 Å². The van der Waals surface area contributed by atoms with Crippen molar-refractivity contribution < 1.29 is 4.79 Å². The minimum absolute atomic E-state index is 0.560. The van der Waals surface area contributed by atoms with Crippen molar-refractivity contribution >= 4 is 17.4 Å². The van der Waals surface area contributed by atoms with E-state index in [1.165, 1.54) is 0 Å². The average molecular weight is 241 g/mol. The highest BCUT2D eigenvalue weighted by molar-refractivity contribution is 5.87. The van der Waals surface area contributed by atoms with Gasteiger partial charge in [0, 0.05) is 11.4 Å². The fourth-order valence-electron chi connectivity index (χ4n) is 1.76. The summed E-state index contributed by atoms with van der Waals surface area (Å²) in [5.41, 5.74) is 14.6. The number of hydrogen-bond donors (Lipinski definition) is 3. The van der Waals surface area contributed by atoms with Crippen molar-refractivity contribution in [1.82, 2.24) is 0 Å². The standard InChI is InChI=1S/C14H15N3O/c15-13-4-2-1-3-11(13)9-10-5-7-12(8-6-10)17-14(16)18/h1-8H,9,15H2,(H3,16,17,18). The number of nitrogens with one attached hydrogen (secondary N) is 1. The second-order valence-electron chi connectivity index (χ2n) is 4.06. The molecule has 2 amide bonds. The second-order valence-corrected chi connectivity index (χ2v) is 4.06. The summed E-state index contributed by atoms with van der Waals surface area (Å²) in [6.07, 6.45) is 0.767. The molecule has 0 bridgehead atoms. The molecule has 0 saturated carbocycles. The highest BCUT2D eigenvalue weighted by Gasteiger charge is 2.01. The summed E-state index contributed by atoms with van der Waals surface area (Å²) < 4.78 is 0. The molecule has 0 radical (unpaired) electrons. The van der Waals surface area contributed by atoms with E-state index in [0.717, 1.165) is 23.2 Å². The van der Waals surface area contributed by atoms with Crippen LogP contribution in [0.1, 0.15) is 11.1 Å². The zero-order valence-electron chi connectivity index (χ0n) is 9.89. The van der Waals surface area contributed by atoms with E-state index in [-0.39, 0.29) is 0 Å². The molecule has 92 valence electrons. The maximum absolute atomic E-state index is 10.7. The van der Waals surface area contributed by atoms with E-state index in [1.807, 2.05) is 48.5 Å². The first-order chi connectivity index (χ1) is 8.65. The number of carbonyl (C=O) groups excluding carboxylic acids is 1. The monoisotopic (exact) mass is 241 g/mol. The van der Waals surface area contributed by atoms with E-state index in [1.54, 1.807) is 0 Å². The van der Waals surface area contributed by atoms with Crippen LogP contribution in [0.3, 0.4) is 0 Å². The first-order valence-electron chi connectivity index (χ1n) is 5.64. The first-order valence-corrected chi connectivity index (χ1v) is 5.64. The minimum Gasteiger partial charge on any atom is -0.398 e. The van der Waals surface area contributed by atoms with Gasteiger partial charge in [-0.15, -0.1) is 0 Å². The van der Waals surface area contributed by atoms with Crippen LogP contribution in [0.15, 0.2) is 48.5 Å². The van der Waals surface area contributed by atoms with Gasteiger partial charge in [-0.2, -0.15) is 0 Å². The molecule has 4 nitrogen and oxygen atoms in total. The van der Waals surface area contributed by atoms with Crippen molar-refractivity contribution in [2.24, 2.45) is 5.73 Å². The quantitative estimate of drug-likeness (QED) is 0.721. The van der Waals surface area contributed by atoms with Gasteiger partial charge in [-0.25, -0.2) is 4.79 Å². The van der Waals surface area contributed by atoms with Gasteiger partial charge in [-0.05, 0) is 35.7 Å². The van der Waals surface area contributed by atoms with Crippen LogP contribution in [0.2, 0.25) is 0 Å². The summed E-state index contributed by atoms with van der Waals surface area (Å²) in [5, 5.41) is 2.52. The zero-order valence-corrected chi connectivity index (χ0v) is 9.89. The van der Waals surface area contributed by atoms with E-state index < -0.39 is 6.03 Å². The Hall–Kier alpha value is -2.49. The van der Waals surface area contributed by atoms with Crippen LogP contribution in [0.4, 0.5) is 16.2 Å². The summed E-state index contributed by atoms with van der Waals surface area (Å²) >= 11 is 0. The predicted molar refractivity (Wildman–Crippen MR) is 73.3 cm³/mol. The Balaban J connectivity index is 2.11. The fraction of sp³-hybridized carbons (Fsp3) is 0.0714. The molecular formula is C14H15N3O. The van der Waals surface area contributed by atoms with Gasteiger partial charge in [0.25, 0.3) is 0 Å². The van der Waals surface area contributed by atoms with E-state index in [0.29, 0.717) is 5.69 Å². The SMILES string of the molecule is NC(=O)Nc1ccc(Cc2ccccc2N)cc1. The number of anilines is 2. The Kier molecular flexibility index (Phi) is 3.48. The number of nitrogen functional groups attached to an aromatic ring is 1. The van der Waals surface area contributed by atoms with E-state index in [2.05, 4.69) is 5.32 Å². The van der Waals surface area contributed by atoms with Gasteiger partial charge >= 0.3 is 6.03 Å². The molecule has 0 aliphatic carbocycles. The number of urea groups is 1. The predicted octanol–water partition coefficient (Wildman–Crippen LogP) is 2.35. The molecule has 2 rings (SSSR count). The lowest BCUT2D eigenvalue weighted by Gasteiger charge is -2.07. The van der Waals surface area contributed by atoms with Gasteiger partial charge in [-0.1, -0.05) is 30.3 Å². The summed E-state index contributed by atoms with van der Waals surface area (Å²) in [5.74, 6) is 0. The minimum atomic E-state index is -0.560. The van der Waals surface area contributed by atoms with E-state index in [9.17, 15) is 4.79 Å². The Bertz CT molecular complexity index is 549. The van der Waals surface area contributed by atoms with Crippen LogP contribution in [-0.2, 0) is 6.42 Å². The number of rotatable bonds is 3. The largest absolute Gasteiger partial charge is 0.398 e. The number of amides is 2. The zero-order chi connectivity index (χ0) is 13.0. The molecule has 0 heterocycles. The third-order valence-electron chi connectivity index (χ3n) is 2.67. The molecule has 2 aromatic rings. The molecule has 0 spiro atoms. The van der Waals surface area contributed by atoms with Crippen molar-refractivity contribution in [3.63, 3.8) is 0 Å². The van der Waals surface area contributed by atoms with Crippen molar-refractivity contribution in [3.8, 4) is 0 Å². The van der Waals surface area contributed by atoms with Gasteiger partial charge in [0.2, 0.25) is 0 Å². The average Bonchev–Trinajstić information content (AvgIpc) is 2.34. The Labute approximate surface area is 106 Å². The number of benzene rings is 2. The van der Waals surface area contributed by atoms with Crippen LogP contribution < -0.4 is 16.8 Å². The highest BCUT2D eigenvalue weighted by Crippen LogP contribution is 2.17. The lowest BCUT2D eigenvalue weighted by molar-refractivity contribution is 0.259.